The molecule has 4 nitrogen and oxygen atoms in total. The van der Waals surface area contributed by atoms with Crippen molar-refractivity contribution >= 4 is 27.8 Å². The van der Waals surface area contributed by atoms with Gasteiger partial charge < -0.3 is 4.90 Å². The van der Waals surface area contributed by atoms with Crippen LogP contribution in [0, 0.1) is 39.3 Å². The van der Waals surface area contributed by atoms with Crippen molar-refractivity contribution in [1.82, 2.24) is 4.90 Å². The lowest BCUT2D eigenvalue weighted by Crippen LogP contribution is -2.43. The summed E-state index contributed by atoms with van der Waals surface area (Å²) >= 11 is 3.27. The van der Waals surface area contributed by atoms with E-state index in [4.69, 9.17) is 0 Å². The van der Waals surface area contributed by atoms with Gasteiger partial charge in [0.2, 0.25) is 0 Å². The molecule has 31 heavy (non-hydrogen) atoms. The number of rotatable bonds is 2. The van der Waals surface area contributed by atoms with Crippen LogP contribution in [0.3, 0.4) is 0 Å². The average molecular weight is 478 g/mol. The van der Waals surface area contributed by atoms with E-state index in [9.17, 15) is 15.3 Å². The molecule has 0 unspecified atom stereocenters. The first-order valence-electron chi connectivity index (χ1n) is 10.0. The first-order chi connectivity index (χ1) is 14.7. The maximum Gasteiger partial charge on any atom is 0.177 e. The Bertz CT molecular complexity index is 1170. The second-order valence-electron chi connectivity index (χ2n) is 9.09. The Morgan fingerprint density at radius 3 is 2.42 bits per heavy atom. The second kappa shape index (κ2) is 7.32. The molecule has 2 aromatic rings. The smallest absolute Gasteiger partial charge is 0.177 e. The van der Waals surface area contributed by atoms with Gasteiger partial charge in [-0.05, 0) is 34.9 Å². The maximum atomic E-state index is 15.2. The third kappa shape index (κ3) is 3.09. The summed E-state index contributed by atoms with van der Waals surface area (Å²) in [6.45, 7) is 5.42. The van der Waals surface area contributed by atoms with E-state index in [0.29, 0.717) is 4.47 Å². The van der Waals surface area contributed by atoms with E-state index in [0.717, 1.165) is 11.1 Å². The highest BCUT2D eigenvalue weighted by atomic mass is 79.9. The van der Waals surface area contributed by atoms with Gasteiger partial charge in [0.05, 0.1) is 24.2 Å². The van der Waals surface area contributed by atoms with Gasteiger partial charge in [-0.2, -0.15) is 10.5 Å². The molecule has 0 bridgehead atoms. The zero-order valence-electron chi connectivity index (χ0n) is 17.4. The standard InChI is InChI=1S/C25H21BrFN3O/c1-24(2,3)23(31)21-20(18-9-8-16(26)12-19(18)27)25(13-28,14-29)22-17-7-5-4-6-15(17)10-11-30(21)22/h4-12,20-22H,1-3H3/t20-,21+,22-/m0/s1. The van der Waals surface area contributed by atoms with Crippen molar-refractivity contribution in [2.75, 3.05) is 0 Å². The Labute approximate surface area is 189 Å². The Hall–Kier alpha value is -2.96. The van der Waals surface area contributed by atoms with Gasteiger partial charge in [0.25, 0.3) is 0 Å². The van der Waals surface area contributed by atoms with Gasteiger partial charge in [-0.25, -0.2) is 4.39 Å². The van der Waals surface area contributed by atoms with E-state index in [-0.39, 0.29) is 11.3 Å². The number of fused-ring (bicyclic) bond motifs is 3. The number of Topliss-reactive ketones (excluding diaryl/α,β-unsaturated/α-hetero) is 1. The van der Waals surface area contributed by atoms with E-state index in [1.54, 1.807) is 44.0 Å². The topological polar surface area (TPSA) is 67.9 Å². The van der Waals surface area contributed by atoms with E-state index >= 15 is 4.39 Å². The molecule has 0 aliphatic carbocycles. The third-order valence-corrected chi connectivity index (χ3v) is 6.74. The van der Waals surface area contributed by atoms with Crippen LogP contribution in [0.4, 0.5) is 4.39 Å². The lowest BCUT2D eigenvalue weighted by atomic mass is 9.66. The minimum atomic E-state index is -1.65. The average Bonchev–Trinajstić information content (AvgIpc) is 3.03. The van der Waals surface area contributed by atoms with Crippen LogP contribution in [0.15, 0.2) is 53.1 Å². The largest absolute Gasteiger partial charge is 0.357 e. The van der Waals surface area contributed by atoms with Crippen molar-refractivity contribution in [3.63, 3.8) is 0 Å². The number of halogens is 2. The minimum Gasteiger partial charge on any atom is -0.357 e. The highest BCUT2D eigenvalue weighted by Crippen LogP contribution is 2.60. The van der Waals surface area contributed by atoms with Crippen LogP contribution in [-0.2, 0) is 4.79 Å². The van der Waals surface area contributed by atoms with Crippen LogP contribution in [0.1, 0.15) is 49.4 Å². The zero-order chi connectivity index (χ0) is 22.6. The molecule has 0 N–H and O–H groups in total. The Morgan fingerprint density at radius 2 is 1.81 bits per heavy atom. The van der Waals surface area contributed by atoms with Crippen LogP contribution in [0.5, 0.6) is 0 Å². The number of nitriles is 2. The van der Waals surface area contributed by atoms with Crippen LogP contribution < -0.4 is 0 Å². The maximum absolute atomic E-state index is 15.2. The molecule has 0 radical (unpaired) electrons. The van der Waals surface area contributed by atoms with Gasteiger partial charge in [-0.1, -0.05) is 67.0 Å². The van der Waals surface area contributed by atoms with Gasteiger partial charge in [0.1, 0.15) is 5.82 Å². The van der Waals surface area contributed by atoms with Crippen molar-refractivity contribution in [2.45, 2.75) is 38.8 Å². The number of hydrogen-bond acceptors (Lipinski definition) is 4. The normalized spacial score (nSPS) is 23.5. The molecule has 0 aromatic heterocycles. The van der Waals surface area contributed by atoms with Crippen molar-refractivity contribution in [2.24, 2.45) is 10.8 Å². The van der Waals surface area contributed by atoms with Gasteiger partial charge in [0, 0.05) is 22.0 Å². The number of benzene rings is 2. The van der Waals surface area contributed by atoms with Gasteiger partial charge in [-0.3, -0.25) is 4.79 Å². The van der Waals surface area contributed by atoms with Crippen LogP contribution in [-0.4, -0.2) is 16.7 Å². The summed E-state index contributed by atoms with van der Waals surface area (Å²) in [6.07, 6.45) is 3.66. The summed E-state index contributed by atoms with van der Waals surface area (Å²) in [5, 5.41) is 20.8. The molecular formula is C25H21BrFN3O. The SMILES string of the molecule is CC(C)(C)C(=O)[C@H]1[C@H](c2ccc(Br)cc2F)C(C#N)(C#N)[C@@H]2c3ccccc3C=CN21. The Balaban J connectivity index is 2.05. The summed E-state index contributed by atoms with van der Waals surface area (Å²) < 4.78 is 15.8. The van der Waals surface area contributed by atoms with E-state index in [1.165, 1.54) is 6.07 Å². The molecular weight excluding hydrogens is 457 g/mol. The fourth-order valence-corrected chi connectivity index (χ4v) is 5.17. The summed E-state index contributed by atoms with van der Waals surface area (Å²) in [5.74, 6) is -1.64. The first-order valence-corrected chi connectivity index (χ1v) is 10.8. The number of carbonyl (C=O) groups excluding carboxylic acids is 1. The fourth-order valence-electron chi connectivity index (χ4n) is 4.84. The van der Waals surface area contributed by atoms with Crippen molar-refractivity contribution < 1.29 is 9.18 Å². The van der Waals surface area contributed by atoms with E-state index < -0.39 is 34.6 Å². The molecule has 2 aliphatic rings. The van der Waals surface area contributed by atoms with Crippen molar-refractivity contribution in [1.29, 1.82) is 10.5 Å². The summed E-state index contributed by atoms with van der Waals surface area (Å²) in [6, 6.07) is 15.0. The summed E-state index contributed by atoms with van der Waals surface area (Å²) in [4.78, 5) is 15.5. The molecule has 1 saturated heterocycles. The zero-order valence-corrected chi connectivity index (χ0v) is 19.0. The highest BCUT2D eigenvalue weighted by molar-refractivity contribution is 9.10. The van der Waals surface area contributed by atoms with Crippen LogP contribution >= 0.6 is 15.9 Å². The number of hydrogen-bond donors (Lipinski definition) is 0. The molecule has 156 valence electrons. The fraction of sp³-hybridized carbons (Fsp3) is 0.320. The molecule has 0 saturated carbocycles. The van der Waals surface area contributed by atoms with Gasteiger partial charge >= 0.3 is 0 Å². The Kier molecular flexibility index (Phi) is 5.03. The molecule has 2 heterocycles. The highest BCUT2D eigenvalue weighted by Gasteiger charge is 2.65. The minimum absolute atomic E-state index is 0.138. The van der Waals surface area contributed by atoms with Crippen LogP contribution in [0.2, 0.25) is 0 Å². The third-order valence-electron chi connectivity index (χ3n) is 6.25. The molecule has 1 fully saturated rings. The van der Waals surface area contributed by atoms with E-state index in [1.807, 2.05) is 30.3 Å². The Morgan fingerprint density at radius 1 is 1.13 bits per heavy atom. The molecule has 6 heteroatoms. The number of nitrogens with zero attached hydrogens (tertiary/aromatic N) is 3. The predicted octanol–water partition coefficient (Wildman–Crippen LogP) is 5.73. The summed E-state index contributed by atoms with van der Waals surface area (Å²) in [7, 11) is 0. The lowest BCUT2D eigenvalue weighted by molar-refractivity contribution is -0.130. The molecule has 2 aliphatic heterocycles. The van der Waals surface area contributed by atoms with Crippen LogP contribution in [0.25, 0.3) is 6.08 Å². The molecule has 4 rings (SSSR count). The molecule has 0 amide bonds. The predicted molar refractivity (Wildman–Crippen MR) is 119 cm³/mol. The lowest BCUT2D eigenvalue weighted by Gasteiger charge is -2.36. The van der Waals surface area contributed by atoms with Crippen molar-refractivity contribution in [3.05, 3.63) is 75.6 Å². The summed E-state index contributed by atoms with van der Waals surface area (Å²) in [5.41, 5.74) is -0.516. The second-order valence-corrected chi connectivity index (χ2v) is 10.0. The molecule has 3 atom stereocenters. The molecule has 2 aromatic carbocycles. The van der Waals surface area contributed by atoms with Gasteiger partial charge in [-0.15, -0.1) is 0 Å². The molecule has 0 spiro atoms. The van der Waals surface area contributed by atoms with Gasteiger partial charge in [0.15, 0.2) is 11.2 Å². The number of ketones is 1. The van der Waals surface area contributed by atoms with E-state index in [2.05, 4.69) is 28.1 Å². The monoisotopic (exact) mass is 477 g/mol. The quantitative estimate of drug-likeness (QED) is 0.553. The van der Waals surface area contributed by atoms with Crippen molar-refractivity contribution in [3.8, 4) is 12.1 Å². The number of carbonyl (C=O) groups is 1. The first kappa shape index (κ1) is 21.3.